The molecule has 1 aliphatic carbocycles. The highest BCUT2D eigenvalue weighted by molar-refractivity contribution is 7.90. The molecular formula is C15H15NO5S. The molecule has 2 rings (SSSR count). The van der Waals surface area contributed by atoms with Gasteiger partial charge in [0, 0.05) is 17.7 Å². The summed E-state index contributed by atoms with van der Waals surface area (Å²) in [5, 5.41) is 9.13. The monoisotopic (exact) mass is 321 g/mol. The van der Waals surface area contributed by atoms with Gasteiger partial charge in [-0.1, -0.05) is 0 Å². The first-order chi connectivity index (χ1) is 10.3. The fourth-order valence-electron chi connectivity index (χ4n) is 2.15. The molecule has 0 aliphatic heterocycles. The van der Waals surface area contributed by atoms with E-state index in [9.17, 15) is 18.0 Å². The highest BCUT2D eigenvalue weighted by Gasteiger charge is 2.39. The molecule has 0 N–H and O–H groups in total. The second kappa shape index (κ2) is 5.89. The van der Waals surface area contributed by atoms with Crippen LogP contribution in [0.3, 0.4) is 0 Å². The Balaban J connectivity index is 2.49. The Bertz CT molecular complexity index is 772. The average Bonchev–Trinajstić information content (AvgIpc) is 3.30. The zero-order chi connectivity index (χ0) is 16.5. The first kappa shape index (κ1) is 16.2. The predicted octanol–water partition coefficient (Wildman–Crippen LogP) is 1.40. The number of methoxy groups -OCH3 is 1. The van der Waals surface area contributed by atoms with E-state index < -0.39 is 27.3 Å². The number of nitrogens with zero attached hydrogens (tertiary/aromatic N) is 1. The molecule has 0 bridgehead atoms. The van der Waals surface area contributed by atoms with Crippen LogP contribution >= 0.6 is 0 Å². The lowest BCUT2D eigenvalue weighted by molar-refractivity contribution is -0.121. The lowest BCUT2D eigenvalue weighted by Gasteiger charge is -2.12. The van der Waals surface area contributed by atoms with Crippen LogP contribution in [-0.2, 0) is 14.6 Å². The maximum atomic E-state index is 12.5. The van der Waals surface area contributed by atoms with Crippen molar-refractivity contribution in [2.75, 3.05) is 13.4 Å². The highest BCUT2D eigenvalue weighted by Crippen LogP contribution is 2.34. The van der Waals surface area contributed by atoms with Crippen LogP contribution in [0.4, 0.5) is 0 Å². The number of Topliss-reactive ketones (excluding diaryl/α,β-unsaturated/α-hetero) is 2. The van der Waals surface area contributed by atoms with Crippen LogP contribution < -0.4 is 4.74 Å². The van der Waals surface area contributed by atoms with Gasteiger partial charge in [0.15, 0.2) is 27.3 Å². The molecule has 6 nitrogen and oxygen atoms in total. The second-order valence-electron chi connectivity index (χ2n) is 5.24. The Morgan fingerprint density at radius 3 is 2.45 bits per heavy atom. The van der Waals surface area contributed by atoms with Gasteiger partial charge in [-0.25, -0.2) is 8.42 Å². The predicted molar refractivity (Wildman–Crippen MR) is 77.3 cm³/mol. The molecule has 116 valence electrons. The van der Waals surface area contributed by atoms with Crippen molar-refractivity contribution in [1.82, 2.24) is 0 Å². The van der Waals surface area contributed by atoms with Crippen LogP contribution in [0, 0.1) is 23.2 Å². The number of nitriles is 1. The smallest absolute Gasteiger partial charge is 0.188 e. The molecule has 22 heavy (non-hydrogen) atoms. The molecule has 1 fully saturated rings. The summed E-state index contributed by atoms with van der Waals surface area (Å²) >= 11 is 0. The summed E-state index contributed by atoms with van der Waals surface area (Å²) in [6, 6.07) is 5.63. The van der Waals surface area contributed by atoms with Gasteiger partial charge in [-0.3, -0.25) is 9.59 Å². The number of ketones is 2. The van der Waals surface area contributed by atoms with Gasteiger partial charge in [0.2, 0.25) is 0 Å². The van der Waals surface area contributed by atoms with Gasteiger partial charge in [0.25, 0.3) is 0 Å². The third-order valence-corrected chi connectivity index (χ3v) is 4.65. The quantitative estimate of drug-likeness (QED) is 0.580. The SMILES string of the molecule is COc1ccc(C(=O)C(C#N)C(=O)C2CC2)c(S(C)(=O)=O)c1. The van der Waals surface area contributed by atoms with Crippen molar-refractivity contribution in [1.29, 1.82) is 5.26 Å². The Labute approximate surface area is 128 Å². The van der Waals surface area contributed by atoms with E-state index in [-0.39, 0.29) is 22.1 Å². The number of carbonyl (C=O) groups excluding carboxylic acids is 2. The van der Waals surface area contributed by atoms with Crippen molar-refractivity contribution in [2.24, 2.45) is 11.8 Å². The zero-order valence-electron chi connectivity index (χ0n) is 12.2. The van der Waals surface area contributed by atoms with Gasteiger partial charge >= 0.3 is 0 Å². The summed E-state index contributed by atoms with van der Waals surface area (Å²) in [6.45, 7) is 0. The third kappa shape index (κ3) is 3.17. The summed E-state index contributed by atoms with van der Waals surface area (Å²) in [6.07, 6.45) is 2.31. The van der Waals surface area contributed by atoms with E-state index in [1.807, 2.05) is 0 Å². The molecule has 0 heterocycles. The van der Waals surface area contributed by atoms with E-state index >= 15 is 0 Å². The van der Waals surface area contributed by atoms with Crippen molar-refractivity contribution in [3.05, 3.63) is 23.8 Å². The lowest BCUT2D eigenvalue weighted by atomic mass is 9.92. The Hall–Kier alpha value is -2.20. The molecule has 1 aromatic carbocycles. The van der Waals surface area contributed by atoms with Gasteiger partial charge in [0.05, 0.1) is 18.1 Å². The number of carbonyl (C=O) groups is 2. The second-order valence-corrected chi connectivity index (χ2v) is 7.22. The third-order valence-electron chi connectivity index (χ3n) is 3.51. The fourth-order valence-corrected chi connectivity index (χ4v) is 3.05. The Morgan fingerprint density at radius 2 is 2.00 bits per heavy atom. The number of hydrogen-bond donors (Lipinski definition) is 0. The summed E-state index contributed by atoms with van der Waals surface area (Å²) in [5.41, 5.74) is -0.149. The highest BCUT2D eigenvalue weighted by atomic mass is 32.2. The van der Waals surface area contributed by atoms with Crippen LogP contribution in [0.1, 0.15) is 23.2 Å². The number of hydrogen-bond acceptors (Lipinski definition) is 6. The first-order valence-electron chi connectivity index (χ1n) is 6.65. The van der Waals surface area contributed by atoms with Crippen LogP contribution in [-0.4, -0.2) is 33.3 Å². The maximum Gasteiger partial charge on any atom is 0.188 e. The minimum Gasteiger partial charge on any atom is -0.497 e. The number of rotatable bonds is 6. The lowest BCUT2D eigenvalue weighted by Crippen LogP contribution is -2.25. The van der Waals surface area contributed by atoms with Crippen molar-refractivity contribution < 1.29 is 22.7 Å². The van der Waals surface area contributed by atoms with Crippen LogP contribution in [0.2, 0.25) is 0 Å². The molecule has 1 unspecified atom stereocenters. The average molecular weight is 321 g/mol. The molecule has 1 atom stereocenters. The number of benzene rings is 1. The van der Waals surface area contributed by atoms with E-state index in [1.54, 1.807) is 6.07 Å². The van der Waals surface area contributed by atoms with E-state index in [4.69, 9.17) is 10.00 Å². The standard InChI is InChI=1S/C15H15NO5S/c1-21-10-5-6-11(13(7-10)22(2,19)20)15(18)12(8-16)14(17)9-3-4-9/h5-7,9,12H,3-4H2,1-2H3. The van der Waals surface area contributed by atoms with Crippen LogP contribution in [0.25, 0.3) is 0 Å². The molecule has 7 heteroatoms. The molecule has 0 aromatic heterocycles. The molecule has 0 amide bonds. The zero-order valence-corrected chi connectivity index (χ0v) is 13.0. The van der Waals surface area contributed by atoms with E-state index in [1.165, 1.54) is 25.3 Å². The van der Waals surface area contributed by atoms with Crippen molar-refractivity contribution in [2.45, 2.75) is 17.7 Å². The number of ether oxygens (including phenoxy) is 1. The topological polar surface area (TPSA) is 101 Å². The Morgan fingerprint density at radius 1 is 1.36 bits per heavy atom. The van der Waals surface area contributed by atoms with Gasteiger partial charge < -0.3 is 4.74 Å². The molecule has 0 radical (unpaired) electrons. The Kier molecular flexibility index (Phi) is 4.33. The van der Waals surface area contributed by atoms with E-state index in [2.05, 4.69) is 0 Å². The molecule has 0 saturated heterocycles. The molecular weight excluding hydrogens is 306 g/mol. The van der Waals surface area contributed by atoms with Gasteiger partial charge in [0.1, 0.15) is 5.75 Å². The summed E-state index contributed by atoms with van der Waals surface area (Å²) in [7, 11) is -2.33. The summed E-state index contributed by atoms with van der Waals surface area (Å²) in [4.78, 5) is 24.3. The molecule has 1 aliphatic rings. The molecule has 0 spiro atoms. The summed E-state index contributed by atoms with van der Waals surface area (Å²) < 4.78 is 28.7. The fraction of sp³-hybridized carbons (Fsp3) is 0.400. The van der Waals surface area contributed by atoms with E-state index in [0.29, 0.717) is 12.8 Å². The summed E-state index contributed by atoms with van der Waals surface area (Å²) in [5.74, 6) is -2.64. The largest absolute Gasteiger partial charge is 0.497 e. The van der Waals surface area contributed by atoms with Crippen molar-refractivity contribution >= 4 is 21.4 Å². The van der Waals surface area contributed by atoms with Gasteiger partial charge in [-0.15, -0.1) is 0 Å². The van der Waals surface area contributed by atoms with Crippen LogP contribution in [0.15, 0.2) is 23.1 Å². The van der Waals surface area contributed by atoms with E-state index in [0.717, 1.165) is 6.26 Å². The van der Waals surface area contributed by atoms with Gasteiger partial charge in [-0.2, -0.15) is 5.26 Å². The maximum absolute atomic E-state index is 12.5. The van der Waals surface area contributed by atoms with Crippen molar-refractivity contribution in [3.63, 3.8) is 0 Å². The minimum absolute atomic E-state index is 0.149. The minimum atomic E-state index is -3.70. The van der Waals surface area contributed by atoms with Crippen molar-refractivity contribution in [3.8, 4) is 11.8 Å². The van der Waals surface area contributed by atoms with Crippen LogP contribution in [0.5, 0.6) is 5.75 Å². The molecule has 1 aromatic rings. The molecule has 1 saturated carbocycles. The van der Waals surface area contributed by atoms with Gasteiger partial charge in [-0.05, 0) is 31.0 Å². The normalized spacial score (nSPS) is 15.7. The number of sulfone groups is 1. The first-order valence-corrected chi connectivity index (χ1v) is 8.54.